The van der Waals surface area contributed by atoms with Crippen molar-refractivity contribution in [2.45, 2.75) is 39.3 Å². The molecular weight excluding hydrogens is 369 g/mol. The van der Waals surface area contributed by atoms with Crippen LogP contribution < -0.4 is 14.8 Å². The van der Waals surface area contributed by atoms with Crippen LogP contribution in [0.1, 0.15) is 43.1 Å². The standard InChI is InChI=1S/C23H24FN3O2/c1-23(2)10-19(25-12-15-5-3-8-21-22(15)29-14-28-21)18-13-26-27(20(18)11-23)17-7-4-6-16(24)9-17/h3-9,13,19,25H,10-12,14H2,1-2H3. The van der Waals surface area contributed by atoms with Crippen LogP contribution in [0.4, 0.5) is 4.39 Å². The molecule has 150 valence electrons. The first-order valence-corrected chi connectivity index (χ1v) is 9.94. The number of hydrogen-bond donors (Lipinski definition) is 1. The number of benzene rings is 2. The van der Waals surface area contributed by atoms with Crippen molar-refractivity contribution in [3.8, 4) is 17.2 Å². The molecule has 3 aromatic rings. The highest BCUT2D eigenvalue weighted by Gasteiger charge is 2.35. The lowest BCUT2D eigenvalue weighted by Crippen LogP contribution is -2.33. The molecule has 0 spiro atoms. The number of aromatic nitrogens is 2. The molecule has 5 nitrogen and oxygen atoms in total. The van der Waals surface area contributed by atoms with E-state index in [2.05, 4.69) is 30.3 Å². The monoisotopic (exact) mass is 393 g/mol. The van der Waals surface area contributed by atoms with E-state index in [1.165, 1.54) is 17.7 Å². The molecule has 0 saturated heterocycles. The summed E-state index contributed by atoms with van der Waals surface area (Å²) in [7, 11) is 0. The molecule has 5 rings (SSSR count). The van der Waals surface area contributed by atoms with Crippen molar-refractivity contribution in [3.05, 3.63) is 71.3 Å². The van der Waals surface area contributed by atoms with E-state index in [-0.39, 0.29) is 24.1 Å². The van der Waals surface area contributed by atoms with Crippen molar-refractivity contribution < 1.29 is 13.9 Å². The summed E-state index contributed by atoms with van der Waals surface area (Å²) in [6.07, 6.45) is 3.82. The van der Waals surface area contributed by atoms with Crippen LogP contribution in [0.2, 0.25) is 0 Å². The van der Waals surface area contributed by atoms with Gasteiger partial charge < -0.3 is 14.8 Å². The number of nitrogens with zero attached hydrogens (tertiary/aromatic N) is 2. The van der Waals surface area contributed by atoms with Crippen LogP contribution in [0.25, 0.3) is 5.69 Å². The van der Waals surface area contributed by atoms with Crippen molar-refractivity contribution >= 4 is 0 Å². The van der Waals surface area contributed by atoms with Crippen LogP contribution in [0, 0.1) is 11.2 Å². The number of hydrogen-bond acceptors (Lipinski definition) is 4. The average Bonchev–Trinajstić information content (AvgIpc) is 3.32. The molecule has 0 saturated carbocycles. The van der Waals surface area contributed by atoms with E-state index < -0.39 is 0 Å². The van der Waals surface area contributed by atoms with Crippen LogP contribution >= 0.6 is 0 Å². The molecule has 1 aliphatic heterocycles. The third kappa shape index (κ3) is 3.38. The maximum Gasteiger partial charge on any atom is 0.231 e. The van der Waals surface area contributed by atoms with Crippen LogP contribution in [0.5, 0.6) is 11.5 Å². The van der Waals surface area contributed by atoms with Gasteiger partial charge >= 0.3 is 0 Å². The zero-order valence-corrected chi connectivity index (χ0v) is 16.6. The number of halogens is 1. The van der Waals surface area contributed by atoms with Gasteiger partial charge in [0, 0.05) is 29.4 Å². The largest absolute Gasteiger partial charge is 0.454 e. The Hall–Kier alpha value is -2.86. The summed E-state index contributed by atoms with van der Waals surface area (Å²) < 4.78 is 26.8. The fourth-order valence-corrected chi connectivity index (χ4v) is 4.42. The van der Waals surface area contributed by atoms with Crippen molar-refractivity contribution in [2.24, 2.45) is 5.41 Å². The van der Waals surface area contributed by atoms with Crippen LogP contribution in [-0.2, 0) is 13.0 Å². The molecule has 1 aliphatic carbocycles. The van der Waals surface area contributed by atoms with Gasteiger partial charge in [-0.2, -0.15) is 5.10 Å². The number of nitrogens with one attached hydrogen (secondary N) is 1. The fourth-order valence-electron chi connectivity index (χ4n) is 4.42. The minimum atomic E-state index is -0.253. The van der Waals surface area contributed by atoms with Crippen molar-refractivity contribution in [1.82, 2.24) is 15.1 Å². The molecule has 0 bridgehead atoms. The Kier molecular flexibility index (Phi) is 4.32. The highest BCUT2D eigenvalue weighted by atomic mass is 19.1. The summed E-state index contributed by atoms with van der Waals surface area (Å²) in [6, 6.07) is 12.7. The summed E-state index contributed by atoms with van der Waals surface area (Å²) in [4.78, 5) is 0. The molecule has 1 unspecified atom stereocenters. The van der Waals surface area contributed by atoms with Crippen molar-refractivity contribution in [1.29, 1.82) is 0 Å². The summed E-state index contributed by atoms with van der Waals surface area (Å²) in [6.45, 7) is 5.49. The molecule has 1 N–H and O–H groups in total. The minimum absolute atomic E-state index is 0.105. The van der Waals surface area contributed by atoms with Crippen LogP contribution in [0.15, 0.2) is 48.7 Å². The SMILES string of the molecule is CC1(C)Cc2c(cnn2-c2cccc(F)c2)C(NCc2cccc3c2OCO3)C1. The Balaban J connectivity index is 1.45. The fraction of sp³-hybridized carbons (Fsp3) is 0.348. The lowest BCUT2D eigenvalue weighted by atomic mass is 9.74. The van der Waals surface area contributed by atoms with Gasteiger partial charge in [0.05, 0.1) is 11.9 Å². The van der Waals surface area contributed by atoms with E-state index in [1.54, 1.807) is 6.07 Å². The van der Waals surface area contributed by atoms with Gasteiger partial charge in [-0.1, -0.05) is 32.0 Å². The zero-order valence-electron chi connectivity index (χ0n) is 16.6. The lowest BCUT2D eigenvalue weighted by Gasteiger charge is -2.36. The predicted molar refractivity (Wildman–Crippen MR) is 108 cm³/mol. The third-order valence-electron chi connectivity index (χ3n) is 5.75. The van der Waals surface area contributed by atoms with Crippen molar-refractivity contribution in [3.63, 3.8) is 0 Å². The summed E-state index contributed by atoms with van der Waals surface area (Å²) >= 11 is 0. The summed E-state index contributed by atoms with van der Waals surface area (Å²) in [5.74, 6) is 1.37. The molecule has 1 atom stereocenters. The topological polar surface area (TPSA) is 48.3 Å². The van der Waals surface area contributed by atoms with E-state index in [0.717, 1.165) is 41.3 Å². The van der Waals surface area contributed by atoms with Gasteiger partial charge in [-0.3, -0.25) is 0 Å². The molecule has 0 fully saturated rings. The van der Waals surface area contributed by atoms with Crippen molar-refractivity contribution in [2.75, 3.05) is 6.79 Å². The molecule has 29 heavy (non-hydrogen) atoms. The average molecular weight is 393 g/mol. The summed E-state index contributed by atoms with van der Waals surface area (Å²) in [5, 5.41) is 8.30. The molecular formula is C23H24FN3O2. The Bertz CT molecular complexity index is 1060. The third-order valence-corrected chi connectivity index (χ3v) is 5.75. The van der Waals surface area contributed by atoms with Gasteiger partial charge in [-0.15, -0.1) is 0 Å². The highest BCUT2D eigenvalue weighted by Crippen LogP contribution is 2.42. The number of ether oxygens (including phenoxy) is 2. The first-order valence-electron chi connectivity index (χ1n) is 9.94. The second-order valence-electron chi connectivity index (χ2n) is 8.57. The highest BCUT2D eigenvalue weighted by molar-refractivity contribution is 5.48. The lowest BCUT2D eigenvalue weighted by molar-refractivity contribution is 0.173. The number of para-hydroxylation sites is 1. The zero-order chi connectivity index (χ0) is 20.0. The first kappa shape index (κ1) is 18.2. The van der Waals surface area contributed by atoms with Gasteiger partial charge in [-0.05, 0) is 42.5 Å². The molecule has 2 aromatic carbocycles. The predicted octanol–water partition coefficient (Wildman–Crippen LogP) is 4.54. The molecule has 0 amide bonds. The van der Waals surface area contributed by atoms with E-state index in [0.29, 0.717) is 6.54 Å². The summed E-state index contributed by atoms with van der Waals surface area (Å²) in [5.41, 5.74) is 4.27. The van der Waals surface area contributed by atoms with E-state index in [1.807, 2.05) is 29.1 Å². The number of rotatable bonds is 4. The Labute approximate surface area is 169 Å². The maximum atomic E-state index is 13.8. The molecule has 1 aromatic heterocycles. The van der Waals surface area contributed by atoms with Gasteiger partial charge in [-0.25, -0.2) is 9.07 Å². The maximum absolute atomic E-state index is 13.8. The van der Waals surface area contributed by atoms with Crippen LogP contribution in [-0.4, -0.2) is 16.6 Å². The minimum Gasteiger partial charge on any atom is -0.454 e. The van der Waals surface area contributed by atoms with E-state index in [4.69, 9.17) is 9.47 Å². The number of fused-ring (bicyclic) bond motifs is 2. The normalized spacial score (nSPS) is 19.2. The second-order valence-corrected chi connectivity index (χ2v) is 8.57. The van der Waals surface area contributed by atoms with Gasteiger partial charge in [0.2, 0.25) is 6.79 Å². The smallest absolute Gasteiger partial charge is 0.231 e. The first-order chi connectivity index (χ1) is 14.0. The molecule has 0 radical (unpaired) electrons. The van der Waals surface area contributed by atoms with Gasteiger partial charge in [0.1, 0.15) is 5.82 Å². The molecule has 2 aliphatic rings. The van der Waals surface area contributed by atoms with E-state index >= 15 is 0 Å². The Morgan fingerprint density at radius 1 is 1.21 bits per heavy atom. The Morgan fingerprint density at radius 2 is 2.07 bits per heavy atom. The quantitative estimate of drug-likeness (QED) is 0.707. The Morgan fingerprint density at radius 3 is 2.93 bits per heavy atom. The van der Waals surface area contributed by atoms with Gasteiger partial charge in [0.25, 0.3) is 0 Å². The van der Waals surface area contributed by atoms with E-state index in [9.17, 15) is 4.39 Å². The van der Waals surface area contributed by atoms with Crippen LogP contribution in [0.3, 0.4) is 0 Å². The second kappa shape index (κ2) is 6.88. The molecule has 2 heterocycles. The molecule has 6 heteroatoms. The van der Waals surface area contributed by atoms with Gasteiger partial charge in [0.15, 0.2) is 11.5 Å².